The first-order chi connectivity index (χ1) is 12.2. The Hall–Kier alpha value is -2.86. The number of hydrogen-bond acceptors (Lipinski definition) is 3. The zero-order valence-corrected chi connectivity index (χ0v) is 13.5. The van der Waals surface area contributed by atoms with E-state index in [0.29, 0.717) is 43.4 Å². The molecule has 2 heterocycles. The van der Waals surface area contributed by atoms with Gasteiger partial charge in [0, 0.05) is 17.0 Å². The molecule has 0 saturated heterocycles. The lowest BCUT2D eigenvalue weighted by Gasteiger charge is -2.18. The van der Waals surface area contributed by atoms with Gasteiger partial charge >= 0.3 is 0 Å². The van der Waals surface area contributed by atoms with Gasteiger partial charge in [-0.15, -0.1) is 0 Å². The highest BCUT2D eigenvalue weighted by Crippen LogP contribution is 2.33. The number of ether oxygens (including phenoxy) is 2. The van der Waals surface area contributed by atoms with Crippen molar-refractivity contribution in [3.8, 4) is 11.5 Å². The van der Waals surface area contributed by atoms with Gasteiger partial charge in [0.15, 0.2) is 11.5 Å². The second kappa shape index (κ2) is 6.57. The molecule has 128 valence electrons. The first-order valence-electron chi connectivity index (χ1n) is 8.21. The molecule has 0 aliphatic carbocycles. The van der Waals surface area contributed by atoms with Crippen molar-refractivity contribution in [2.24, 2.45) is 0 Å². The highest BCUT2D eigenvalue weighted by atomic mass is 19.1. The van der Waals surface area contributed by atoms with Crippen molar-refractivity contribution in [2.75, 3.05) is 13.2 Å². The molecule has 1 aliphatic rings. The summed E-state index contributed by atoms with van der Waals surface area (Å²) in [6.07, 6.45) is 0. The molecule has 5 nitrogen and oxygen atoms in total. The molecule has 3 aromatic rings. The zero-order chi connectivity index (χ0) is 17.2. The minimum Gasteiger partial charge on any atom is -0.486 e. The second-order valence-corrected chi connectivity index (χ2v) is 6.03. The van der Waals surface area contributed by atoms with Gasteiger partial charge in [0.2, 0.25) is 0 Å². The third kappa shape index (κ3) is 3.34. The summed E-state index contributed by atoms with van der Waals surface area (Å²) in [5.41, 5.74) is 2.32. The maximum absolute atomic E-state index is 12.9. The van der Waals surface area contributed by atoms with Crippen LogP contribution in [0.5, 0.6) is 11.5 Å². The van der Waals surface area contributed by atoms with E-state index in [1.165, 1.54) is 12.1 Å². The van der Waals surface area contributed by atoms with Crippen molar-refractivity contribution in [3.05, 3.63) is 69.8 Å². The number of nitrogens with two attached hydrogens (primary N) is 1. The van der Waals surface area contributed by atoms with E-state index in [9.17, 15) is 9.18 Å². The van der Waals surface area contributed by atoms with Gasteiger partial charge in [0.05, 0.1) is 11.1 Å². The van der Waals surface area contributed by atoms with Crippen LogP contribution in [0.3, 0.4) is 0 Å². The van der Waals surface area contributed by atoms with Crippen LogP contribution in [0.2, 0.25) is 0 Å². The molecule has 0 spiro atoms. The van der Waals surface area contributed by atoms with E-state index in [1.54, 1.807) is 18.2 Å². The molecular weight excluding hydrogens is 323 g/mol. The van der Waals surface area contributed by atoms with Crippen LogP contribution in [0.1, 0.15) is 11.1 Å². The number of aromatic amines is 1. The zero-order valence-electron chi connectivity index (χ0n) is 13.5. The molecule has 1 aromatic heterocycles. The van der Waals surface area contributed by atoms with Gasteiger partial charge < -0.3 is 19.8 Å². The first-order valence-corrected chi connectivity index (χ1v) is 8.21. The van der Waals surface area contributed by atoms with Crippen LogP contribution in [0.4, 0.5) is 4.39 Å². The molecule has 0 unspecified atom stereocenters. The fraction of sp³-hybridized carbons (Fsp3) is 0.211. The van der Waals surface area contributed by atoms with Crippen molar-refractivity contribution in [3.63, 3.8) is 0 Å². The molecule has 0 saturated carbocycles. The van der Waals surface area contributed by atoms with E-state index < -0.39 is 0 Å². The number of rotatable bonds is 4. The lowest BCUT2D eigenvalue weighted by atomic mass is 10.1. The van der Waals surface area contributed by atoms with Crippen LogP contribution in [0, 0.1) is 5.82 Å². The first kappa shape index (κ1) is 15.7. The molecule has 4 rings (SSSR count). The number of hydrogen-bond donors (Lipinski definition) is 2. The van der Waals surface area contributed by atoms with Gasteiger partial charge in [0.25, 0.3) is 5.56 Å². The van der Waals surface area contributed by atoms with Gasteiger partial charge in [-0.1, -0.05) is 12.1 Å². The molecular formula is C19H18FN2O3+. The minimum atomic E-state index is -0.246. The Morgan fingerprint density at radius 2 is 1.72 bits per heavy atom. The number of pyridine rings is 1. The number of nitrogens with one attached hydrogen (secondary N) is 1. The van der Waals surface area contributed by atoms with E-state index in [2.05, 4.69) is 4.98 Å². The second-order valence-electron chi connectivity index (χ2n) is 6.03. The SMILES string of the molecule is O=c1[nH]c2cc3c(cc2cc1C[NH2+]Cc1ccc(F)cc1)OCCO3. The third-order valence-electron chi connectivity index (χ3n) is 4.24. The van der Waals surface area contributed by atoms with Crippen LogP contribution in [-0.4, -0.2) is 18.2 Å². The van der Waals surface area contributed by atoms with Crippen LogP contribution in [0.15, 0.2) is 47.3 Å². The van der Waals surface area contributed by atoms with Gasteiger partial charge in [-0.3, -0.25) is 4.79 Å². The molecule has 0 radical (unpaired) electrons. The lowest BCUT2D eigenvalue weighted by Crippen LogP contribution is -2.81. The Balaban J connectivity index is 1.53. The van der Waals surface area contributed by atoms with E-state index in [4.69, 9.17) is 9.47 Å². The summed E-state index contributed by atoms with van der Waals surface area (Å²) in [5, 5.41) is 2.93. The molecule has 0 bridgehead atoms. The van der Waals surface area contributed by atoms with Crippen molar-refractivity contribution in [1.82, 2.24) is 4.98 Å². The van der Waals surface area contributed by atoms with Crippen molar-refractivity contribution in [1.29, 1.82) is 0 Å². The van der Waals surface area contributed by atoms with Gasteiger partial charge in [0.1, 0.15) is 32.1 Å². The molecule has 2 aromatic carbocycles. The van der Waals surface area contributed by atoms with E-state index >= 15 is 0 Å². The normalized spacial score (nSPS) is 13.2. The highest BCUT2D eigenvalue weighted by molar-refractivity contribution is 5.83. The predicted octanol–water partition coefficient (Wildman–Crippen LogP) is 1.70. The quantitative estimate of drug-likeness (QED) is 0.759. The monoisotopic (exact) mass is 341 g/mol. The Morgan fingerprint density at radius 1 is 1.00 bits per heavy atom. The fourth-order valence-electron chi connectivity index (χ4n) is 2.95. The average Bonchev–Trinajstić information content (AvgIpc) is 2.62. The summed E-state index contributed by atoms with van der Waals surface area (Å²) in [7, 11) is 0. The topological polar surface area (TPSA) is 67.9 Å². The lowest BCUT2D eigenvalue weighted by molar-refractivity contribution is -0.686. The fourth-order valence-corrected chi connectivity index (χ4v) is 2.95. The third-order valence-corrected chi connectivity index (χ3v) is 4.24. The summed E-state index contributed by atoms with van der Waals surface area (Å²) in [6, 6.07) is 12.0. The van der Waals surface area contributed by atoms with E-state index in [1.807, 2.05) is 17.4 Å². The van der Waals surface area contributed by atoms with Crippen molar-refractivity contribution in [2.45, 2.75) is 13.1 Å². The number of H-pyrrole nitrogens is 1. The van der Waals surface area contributed by atoms with Crippen molar-refractivity contribution < 1.29 is 19.2 Å². The molecule has 25 heavy (non-hydrogen) atoms. The molecule has 0 amide bonds. The number of aromatic nitrogens is 1. The summed E-state index contributed by atoms with van der Waals surface area (Å²) >= 11 is 0. The molecule has 6 heteroatoms. The predicted molar refractivity (Wildman–Crippen MR) is 91.3 cm³/mol. The number of fused-ring (bicyclic) bond motifs is 2. The minimum absolute atomic E-state index is 0.112. The van der Waals surface area contributed by atoms with Crippen LogP contribution in [-0.2, 0) is 13.1 Å². The molecule has 1 aliphatic heterocycles. The van der Waals surface area contributed by atoms with E-state index in [-0.39, 0.29) is 11.4 Å². The van der Waals surface area contributed by atoms with Gasteiger partial charge in [-0.05, 0) is 24.3 Å². The van der Waals surface area contributed by atoms with E-state index in [0.717, 1.165) is 16.5 Å². The standard InChI is InChI=1S/C19H17FN2O3/c20-15-3-1-12(2-4-15)10-21-11-14-7-13-8-17-18(25-6-5-24-17)9-16(13)22-19(14)23/h1-4,7-9,21H,5-6,10-11H2,(H,22,23)/p+1. The van der Waals surface area contributed by atoms with Crippen molar-refractivity contribution >= 4 is 10.9 Å². The number of quaternary nitrogens is 1. The van der Waals surface area contributed by atoms with Crippen LogP contribution >= 0.6 is 0 Å². The summed E-state index contributed by atoms with van der Waals surface area (Å²) < 4.78 is 24.1. The Kier molecular flexibility index (Phi) is 4.11. The molecule has 0 atom stereocenters. The maximum Gasteiger partial charge on any atom is 0.257 e. The van der Waals surface area contributed by atoms with Crippen LogP contribution < -0.4 is 20.3 Å². The number of halogens is 1. The summed E-state index contributed by atoms with van der Waals surface area (Å²) in [6.45, 7) is 2.26. The van der Waals surface area contributed by atoms with Crippen LogP contribution in [0.25, 0.3) is 10.9 Å². The van der Waals surface area contributed by atoms with Gasteiger partial charge in [-0.2, -0.15) is 0 Å². The highest BCUT2D eigenvalue weighted by Gasteiger charge is 2.14. The Morgan fingerprint density at radius 3 is 2.48 bits per heavy atom. The maximum atomic E-state index is 12.9. The average molecular weight is 341 g/mol. The summed E-state index contributed by atoms with van der Waals surface area (Å²) in [5.74, 6) is 1.11. The largest absolute Gasteiger partial charge is 0.486 e. The summed E-state index contributed by atoms with van der Waals surface area (Å²) in [4.78, 5) is 15.2. The molecule has 3 N–H and O–H groups in total. The Bertz CT molecular complexity index is 967. The van der Waals surface area contributed by atoms with Gasteiger partial charge in [-0.25, -0.2) is 4.39 Å². The smallest absolute Gasteiger partial charge is 0.257 e. The number of benzene rings is 2. The molecule has 0 fully saturated rings. The Labute approximate surface area is 143 Å².